The van der Waals surface area contributed by atoms with Crippen LogP contribution < -0.4 is 5.73 Å². The van der Waals surface area contributed by atoms with Gasteiger partial charge in [-0.3, -0.25) is 0 Å². The Morgan fingerprint density at radius 1 is 1.06 bits per heavy atom. The maximum absolute atomic E-state index is 6.52. The van der Waals surface area contributed by atoms with Crippen LogP contribution in [0.3, 0.4) is 0 Å². The van der Waals surface area contributed by atoms with Gasteiger partial charge in [-0.15, -0.1) is 0 Å². The third-order valence-corrected chi connectivity index (χ3v) is 3.57. The second-order valence-corrected chi connectivity index (χ2v) is 5.49. The average Bonchev–Trinajstić information content (AvgIpc) is 2.25. The van der Waals surface area contributed by atoms with E-state index >= 15 is 0 Å². The molecule has 0 saturated heterocycles. The van der Waals surface area contributed by atoms with Crippen molar-refractivity contribution in [2.24, 2.45) is 5.73 Å². The van der Waals surface area contributed by atoms with Gasteiger partial charge in [-0.25, -0.2) is 0 Å². The highest BCUT2D eigenvalue weighted by Crippen LogP contribution is 2.22. The fraction of sp³-hybridized carbons (Fsp3) is 0.625. The van der Waals surface area contributed by atoms with Crippen molar-refractivity contribution in [3.63, 3.8) is 0 Å². The van der Waals surface area contributed by atoms with Gasteiger partial charge in [0.25, 0.3) is 0 Å². The quantitative estimate of drug-likeness (QED) is 0.785. The number of nitrogens with two attached hydrogens (primary N) is 1. The lowest BCUT2D eigenvalue weighted by Crippen LogP contribution is -2.41. The van der Waals surface area contributed by atoms with E-state index in [1.165, 1.54) is 29.5 Å². The predicted octanol–water partition coefficient (Wildman–Crippen LogP) is 4.14. The van der Waals surface area contributed by atoms with Gasteiger partial charge in [-0.2, -0.15) is 0 Å². The van der Waals surface area contributed by atoms with Crippen molar-refractivity contribution in [3.8, 4) is 0 Å². The van der Waals surface area contributed by atoms with Crippen molar-refractivity contribution in [1.82, 2.24) is 0 Å². The van der Waals surface area contributed by atoms with Crippen LogP contribution in [-0.4, -0.2) is 5.54 Å². The van der Waals surface area contributed by atoms with Gasteiger partial charge in [0, 0.05) is 5.54 Å². The van der Waals surface area contributed by atoms with Gasteiger partial charge >= 0.3 is 0 Å². The molecule has 96 valence electrons. The summed E-state index contributed by atoms with van der Waals surface area (Å²) in [5, 5.41) is 0. The third-order valence-electron chi connectivity index (χ3n) is 3.57. The van der Waals surface area contributed by atoms with Crippen LogP contribution >= 0.6 is 0 Å². The zero-order chi connectivity index (χ0) is 12.9. The van der Waals surface area contributed by atoms with Crippen molar-refractivity contribution >= 4 is 0 Å². The number of hydrogen-bond donors (Lipinski definition) is 1. The first-order valence-corrected chi connectivity index (χ1v) is 6.85. The van der Waals surface area contributed by atoms with E-state index in [9.17, 15) is 0 Å². The van der Waals surface area contributed by atoms with E-state index in [1.54, 1.807) is 0 Å². The van der Waals surface area contributed by atoms with Crippen LogP contribution in [0.15, 0.2) is 18.2 Å². The molecule has 1 rings (SSSR count). The van der Waals surface area contributed by atoms with E-state index in [0.29, 0.717) is 0 Å². The summed E-state index contributed by atoms with van der Waals surface area (Å²) in [5.74, 6) is 0. The Balaban J connectivity index is 2.79. The molecule has 0 bridgehead atoms. The van der Waals surface area contributed by atoms with Gasteiger partial charge in [0.05, 0.1) is 0 Å². The van der Waals surface area contributed by atoms with Crippen LogP contribution in [0.1, 0.15) is 56.2 Å². The van der Waals surface area contributed by atoms with E-state index in [0.717, 1.165) is 19.3 Å². The molecule has 1 nitrogen and oxygen atoms in total. The number of rotatable bonds is 6. The SMILES string of the molecule is CCCCC(N)(CC)Cc1cc(C)cc(C)c1. The summed E-state index contributed by atoms with van der Waals surface area (Å²) < 4.78 is 0. The molecule has 0 saturated carbocycles. The van der Waals surface area contributed by atoms with Gasteiger partial charge in [0.2, 0.25) is 0 Å². The highest BCUT2D eigenvalue weighted by Gasteiger charge is 2.22. The first-order chi connectivity index (χ1) is 7.99. The topological polar surface area (TPSA) is 26.0 Å². The first kappa shape index (κ1) is 14.2. The first-order valence-electron chi connectivity index (χ1n) is 6.85. The standard InChI is InChI=1S/C16H27N/c1-5-7-8-16(17,6-2)12-15-10-13(3)9-14(4)11-15/h9-11H,5-8,12,17H2,1-4H3. The number of hydrogen-bond acceptors (Lipinski definition) is 1. The van der Waals surface area contributed by atoms with Gasteiger partial charge in [0.1, 0.15) is 0 Å². The maximum atomic E-state index is 6.52. The largest absolute Gasteiger partial charge is 0.325 e. The number of unbranched alkanes of at least 4 members (excludes halogenated alkanes) is 1. The third kappa shape index (κ3) is 4.51. The minimum Gasteiger partial charge on any atom is -0.325 e. The summed E-state index contributed by atoms with van der Waals surface area (Å²) in [5.41, 5.74) is 10.6. The van der Waals surface area contributed by atoms with Gasteiger partial charge in [0.15, 0.2) is 0 Å². The molecular weight excluding hydrogens is 206 g/mol. The molecule has 0 aliphatic carbocycles. The molecule has 0 amide bonds. The Hall–Kier alpha value is -0.820. The maximum Gasteiger partial charge on any atom is 0.0192 e. The fourth-order valence-electron chi connectivity index (χ4n) is 2.50. The molecule has 0 aliphatic rings. The molecule has 0 radical (unpaired) electrons. The van der Waals surface area contributed by atoms with Crippen molar-refractivity contribution in [1.29, 1.82) is 0 Å². The van der Waals surface area contributed by atoms with Gasteiger partial charge in [-0.05, 0) is 38.7 Å². The summed E-state index contributed by atoms with van der Waals surface area (Å²) in [6, 6.07) is 6.77. The Labute approximate surface area is 106 Å². The number of aryl methyl sites for hydroxylation is 2. The van der Waals surface area contributed by atoms with Crippen LogP contribution in [-0.2, 0) is 6.42 Å². The molecule has 1 atom stereocenters. The Morgan fingerprint density at radius 2 is 1.65 bits per heavy atom. The molecule has 0 heterocycles. The Kier molecular flexibility index (Phi) is 5.20. The zero-order valence-electron chi connectivity index (χ0n) is 11.8. The molecule has 17 heavy (non-hydrogen) atoms. The lowest BCUT2D eigenvalue weighted by atomic mass is 9.84. The summed E-state index contributed by atoms with van der Waals surface area (Å²) >= 11 is 0. The molecule has 0 spiro atoms. The molecule has 0 fully saturated rings. The number of benzene rings is 1. The molecule has 1 unspecified atom stereocenters. The van der Waals surface area contributed by atoms with Crippen LogP contribution in [0.5, 0.6) is 0 Å². The van der Waals surface area contributed by atoms with E-state index in [2.05, 4.69) is 45.9 Å². The van der Waals surface area contributed by atoms with Crippen LogP contribution in [0, 0.1) is 13.8 Å². The highest BCUT2D eigenvalue weighted by molar-refractivity contribution is 5.29. The molecular formula is C16H27N. The van der Waals surface area contributed by atoms with E-state index in [-0.39, 0.29) is 5.54 Å². The van der Waals surface area contributed by atoms with Crippen molar-refractivity contribution in [3.05, 3.63) is 34.9 Å². The molecule has 1 aromatic carbocycles. The van der Waals surface area contributed by atoms with Crippen LogP contribution in [0.25, 0.3) is 0 Å². The minimum atomic E-state index is -0.0176. The van der Waals surface area contributed by atoms with Crippen LogP contribution in [0.2, 0.25) is 0 Å². The van der Waals surface area contributed by atoms with Gasteiger partial charge < -0.3 is 5.73 Å². The van der Waals surface area contributed by atoms with Gasteiger partial charge in [-0.1, -0.05) is 56.0 Å². The van der Waals surface area contributed by atoms with E-state index in [1.807, 2.05) is 0 Å². The second kappa shape index (κ2) is 6.20. The molecule has 2 N–H and O–H groups in total. The average molecular weight is 233 g/mol. The summed E-state index contributed by atoms with van der Waals surface area (Å²) in [6.45, 7) is 8.75. The van der Waals surface area contributed by atoms with E-state index < -0.39 is 0 Å². The monoisotopic (exact) mass is 233 g/mol. The highest BCUT2D eigenvalue weighted by atomic mass is 14.7. The summed E-state index contributed by atoms with van der Waals surface area (Å²) in [6.07, 6.45) is 5.65. The lowest BCUT2D eigenvalue weighted by molar-refractivity contribution is 0.365. The van der Waals surface area contributed by atoms with Crippen molar-refractivity contribution < 1.29 is 0 Å². The normalized spacial score (nSPS) is 14.6. The Morgan fingerprint density at radius 3 is 2.12 bits per heavy atom. The molecule has 1 aromatic rings. The smallest absolute Gasteiger partial charge is 0.0192 e. The predicted molar refractivity (Wildman–Crippen MR) is 76.4 cm³/mol. The van der Waals surface area contributed by atoms with Crippen molar-refractivity contribution in [2.45, 2.75) is 65.3 Å². The molecule has 0 aromatic heterocycles. The van der Waals surface area contributed by atoms with Crippen LogP contribution in [0.4, 0.5) is 0 Å². The van der Waals surface area contributed by atoms with Crippen molar-refractivity contribution in [2.75, 3.05) is 0 Å². The second-order valence-electron chi connectivity index (χ2n) is 5.49. The lowest BCUT2D eigenvalue weighted by Gasteiger charge is -2.28. The fourth-order valence-corrected chi connectivity index (χ4v) is 2.50. The summed E-state index contributed by atoms with van der Waals surface area (Å²) in [4.78, 5) is 0. The Bertz CT molecular complexity index is 336. The minimum absolute atomic E-state index is 0.0176. The summed E-state index contributed by atoms with van der Waals surface area (Å²) in [7, 11) is 0. The molecule has 1 heteroatoms. The zero-order valence-corrected chi connectivity index (χ0v) is 11.8. The molecule has 0 aliphatic heterocycles. The van der Waals surface area contributed by atoms with E-state index in [4.69, 9.17) is 5.73 Å².